The molecule has 0 heterocycles. The van der Waals surface area contributed by atoms with Crippen LogP contribution in [0.1, 0.15) is 40.5 Å². The van der Waals surface area contributed by atoms with Crippen molar-refractivity contribution < 1.29 is 9.59 Å². The molecular formula is C23H22N2O2. The van der Waals surface area contributed by atoms with Crippen molar-refractivity contribution in [3.8, 4) is 0 Å². The largest absolute Gasteiger partial charge is 0.347 e. The highest BCUT2D eigenvalue weighted by molar-refractivity contribution is 5.94. The Hall–Kier alpha value is -3.40. The van der Waals surface area contributed by atoms with Crippen LogP contribution in [0.3, 0.4) is 0 Å². The van der Waals surface area contributed by atoms with E-state index in [1.54, 1.807) is 12.1 Å². The molecule has 4 heteroatoms. The van der Waals surface area contributed by atoms with Gasteiger partial charge in [0.1, 0.15) is 0 Å². The second kappa shape index (κ2) is 8.81. The molecule has 0 bridgehead atoms. The van der Waals surface area contributed by atoms with Gasteiger partial charge in [-0.3, -0.25) is 9.59 Å². The molecule has 0 aliphatic rings. The van der Waals surface area contributed by atoms with Crippen LogP contribution in [0.25, 0.3) is 0 Å². The van der Waals surface area contributed by atoms with Crippen molar-refractivity contribution in [3.63, 3.8) is 0 Å². The van der Waals surface area contributed by atoms with Crippen molar-refractivity contribution >= 4 is 11.8 Å². The maximum Gasteiger partial charge on any atom is 0.251 e. The summed E-state index contributed by atoms with van der Waals surface area (Å²) in [6.45, 7) is 1.48. The average Bonchev–Trinajstić information content (AvgIpc) is 2.72. The molecule has 0 fully saturated rings. The first-order chi connectivity index (χ1) is 13.1. The fourth-order valence-electron chi connectivity index (χ4n) is 3.07. The summed E-state index contributed by atoms with van der Waals surface area (Å²) in [5.41, 5.74) is 2.42. The van der Waals surface area contributed by atoms with Crippen molar-refractivity contribution in [1.82, 2.24) is 10.6 Å². The number of hydrogen-bond donors (Lipinski definition) is 2. The lowest BCUT2D eigenvalue weighted by Crippen LogP contribution is -2.40. The quantitative estimate of drug-likeness (QED) is 0.699. The van der Waals surface area contributed by atoms with Gasteiger partial charge in [-0.1, -0.05) is 78.9 Å². The molecule has 0 spiro atoms. The van der Waals surface area contributed by atoms with Gasteiger partial charge in [0.05, 0.1) is 12.1 Å². The van der Waals surface area contributed by atoms with Crippen molar-refractivity contribution in [2.45, 2.75) is 19.0 Å². The van der Waals surface area contributed by atoms with Gasteiger partial charge in [0.2, 0.25) is 5.91 Å². The minimum atomic E-state index is -0.412. The number of amides is 2. The Bertz CT molecular complexity index is 880. The summed E-state index contributed by atoms with van der Waals surface area (Å²) in [6, 6.07) is 27.6. The summed E-state index contributed by atoms with van der Waals surface area (Å²) in [5, 5.41) is 6.10. The Balaban J connectivity index is 1.99. The van der Waals surface area contributed by atoms with E-state index in [9.17, 15) is 9.59 Å². The number of carbonyl (C=O) groups excluding carboxylic acids is 2. The van der Waals surface area contributed by atoms with Gasteiger partial charge in [-0.15, -0.1) is 0 Å². The predicted molar refractivity (Wildman–Crippen MR) is 106 cm³/mol. The first kappa shape index (κ1) is 18.4. The first-order valence-corrected chi connectivity index (χ1v) is 8.88. The molecule has 3 rings (SSSR count). The zero-order valence-electron chi connectivity index (χ0n) is 15.1. The Labute approximate surface area is 159 Å². The number of hydrogen-bond acceptors (Lipinski definition) is 2. The summed E-state index contributed by atoms with van der Waals surface area (Å²) in [5.74, 6) is -0.338. The number of benzene rings is 3. The number of nitrogens with one attached hydrogen (secondary N) is 2. The van der Waals surface area contributed by atoms with Gasteiger partial charge in [-0.2, -0.15) is 0 Å². The van der Waals surface area contributed by atoms with E-state index in [4.69, 9.17) is 0 Å². The number of rotatable bonds is 6. The van der Waals surface area contributed by atoms with Crippen molar-refractivity contribution in [2.75, 3.05) is 0 Å². The summed E-state index contributed by atoms with van der Waals surface area (Å²) in [4.78, 5) is 24.7. The molecule has 3 aromatic carbocycles. The molecule has 0 radical (unpaired) electrons. The highest BCUT2D eigenvalue weighted by Gasteiger charge is 2.27. The fraction of sp³-hybridized carbons (Fsp3) is 0.130. The van der Waals surface area contributed by atoms with Gasteiger partial charge < -0.3 is 10.6 Å². The molecule has 0 aliphatic heterocycles. The van der Waals surface area contributed by atoms with Crippen LogP contribution in [0.2, 0.25) is 0 Å². The Kier molecular flexibility index (Phi) is 6.00. The van der Waals surface area contributed by atoms with E-state index in [-0.39, 0.29) is 11.8 Å². The smallest absolute Gasteiger partial charge is 0.251 e. The highest BCUT2D eigenvalue weighted by atomic mass is 16.2. The third-order valence-corrected chi connectivity index (χ3v) is 4.33. The zero-order valence-corrected chi connectivity index (χ0v) is 15.1. The van der Waals surface area contributed by atoms with E-state index >= 15 is 0 Å². The second-order valence-electron chi connectivity index (χ2n) is 6.32. The van der Waals surface area contributed by atoms with E-state index in [1.807, 2.05) is 78.9 Å². The van der Waals surface area contributed by atoms with Crippen LogP contribution >= 0.6 is 0 Å². The van der Waals surface area contributed by atoms with Crippen LogP contribution in [0.5, 0.6) is 0 Å². The van der Waals surface area contributed by atoms with Gasteiger partial charge in [0.15, 0.2) is 0 Å². The maximum absolute atomic E-state index is 12.8. The van der Waals surface area contributed by atoms with Gasteiger partial charge in [-0.25, -0.2) is 0 Å². The molecule has 27 heavy (non-hydrogen) atoms. The molecule has 4 nitrogen and oxygen atoms in total. The zero-order chi connectivity index (χ0) is 19.1. The van der Waals surface area contributed by atoms with E-state index in [1.165, 1.54) is 6.92 Å². The van der Waals surface area contributed by atoms with Crippen molar-refractivity contribution in [1.29, 1.82) is 0 Å². The second-order valence-corrected chi connectivity index (χ2v) is 6.32. The molecule has 136 valence electrons. The molecule has 0 unspecified atom stereocenters. The lowest BCUT2D eigenvalue weighted by molar-refractivity contribution is -0.119. The monoisotopic (exact) mass is 358 g/mol. The molecule has 2 N–H and O–H groups in total. The highest BCUT2D eigenvalue weighted by Crippen LogP contribution is 2.29. The molecule has 3 aromatic rings. The topological polar surface area (TPSA) is 58.2 Å². The number of carbonyl (C=O) groups is 2. The van der Waals surface area contributed by atoms with E-state index < -0.39 is 12.1 Å². The van der Waals surface area contributed by atoms with Gasteiger partial charge in [-0.05, 0) is 23.3 Å². The molecule has 0 saturated heterocycles. The van der Waals surface area contributed by atoms with E-state index in [0.717, 1.165) is 11.1 Å². The van der Waals surface area contributed by atoms with E-state index in [0.29, 0.717) is 5.56 Å². The molecule has 0 aromatic heterocycles. The van der Waals surface area contributed by atoms with Gasteiger partial charge >= 0.3 is 0 Å². The fourth-order valence-corrected chi connectivity index (χ4v) is 3.07. The average molecular weight is 358 g/mol. The third kappa shape index (κ3) is 4.82. The Morgan fingerprint density at radius 2 is 1.04 bits per heavy atom. The van der Waals surface area contributed by atoms with Gasteiger partial charge in [0.25, 0.3) is 5.91 Å². The maximum atomic E-state index is 12.8. The molecule has 0 aliphatic carbocycles. The van der Waals surface area contributed by atoms with Crippen molar-refractivity contribution in [2.24, 2.45) is 0 Å². The SMILES string of the molecule is CC(=O)N[C@H](c1ccccc1)[C@@H](NC(=O)c1ccccc1)c1ccccc1. The lowest BCUT2D eigenvalue weighted by atomic mass is 9.92. The minimum absolute atomic E-state index is 0.154. The van der Waals surface area contributed by atoms with Crippen LogP contribution in [0.15, 0.2) is 91.0 Å². The van der Waals surface area contributed by atoms with Crippen molar-refractivity contribution in [3.05, 3.63) is 108 Å². The first-order valence-electron chi connectivity index (χ1n) is 8.88. The van der Waals surface area contributed by atoms with Crippen LogP contribution in [0, 0.1) is 0 Å². The summed E-state index contributed by atoms with van der Waals surface area (Å²) < 4.78 is 0. The van der Waals surface area contributed by atoms with E-state index in [2.05, 4.69) is 10.6 Å². The third-order valence-electron chi connectivity index (χ3n) is 4.33. The summed E-state index contributed by atoms with van der Waals surface area (Å²) >= 11 is 0. The lowest BCUT2D eigenvalue weighted by Gasteiger charge is -2.29. The van der Waals surface area contributed by atoms with Crippen LogP contribution in [0.4, 0.5) is 0 Å². The Morgan fingerprint density at radius 3 is 1.48 bits per heavy atom. The summed E-state index contributed by atoms with van der Waals surface area (Å²) in [6.07, 6.45) is 0. The normalized spacial score (nSPS) is 12.6. The summed E-state index contributed by atoms with van der Waals surface area (Å²) in [7, 11) is 0. The van der Waals surface area contributed by atoms with Gasteiger partial charge in [0, 0.05) is 12.5 Å². The molecule has 2 amide bonds. The van der Waals surface area contributed by atoms with Crippen LogP contribution in [-0.4, -0.2) is 11.8 Å². The minimum Gasteiger partial charge on any atom is -0.347 e. The predicted octanol–water partition coefficient (Wildman–Crippen LogP) is 4.04. The van der Waals surface area contributed by atoms with Crippen LogP contribution < -0.4 is 10.6 Å². The molecule has 2 atom stereocenters. The molecule has 0 saturated carbocycles. The Morgan fingerprint density at radius 1 is 0.630 bits per heavy atom. The standard InChI is InChI=1S/C23H22N2O2/c1-17(26)24-21(18-11-5-2-6-12-18)22(19-13-7-3-8-14-19)25-23(27)20-15-9-4-10-16-20/h2-16,21-22H,1H3,(H,24,26)(H,25,27)/t21-,22+/m1/s1. The van der Waals surface area contributed by atoms with Crippen LogP contribution in [-0.2, 0) is 4.79 Å². The molecular weight excluding hydrogens is 336 g/mol.